The maximum absolute atomic E-state index is 4.38. The van der Waals surface area contributed by atoms with Crippen LogP contribution in [0.2, 0.25) is 0 Å². The molecule has 0 unspecified atom stereocenters. The molecule has 0 atom stereocenters. The predicted octanol–water partition coefficient (Wildman–Crippen LogP) is 3.46. The lowest BCUT2D eigenvalue weighted by atomic mass is 9.85. The van der Waals surface area contributed by atoms with E-state index in [1.807, 2.05) is 18.7 Å². The van der Waals surface area contributed by atoms with Gasteiger partial charge in [0.1, 0.15) is 0 Å². The van der Waals surface area contributed by atoms with Crippen LogP contribution in [0.15, 0.2) is 6.07 Å². The van der Waals surface area contributed by atoms with Gasteiger partial charge in [0.25, 0.3) is 0 Å². The number of alkyl halides is 2. The van der Waals surface area contributed by atoms with E-state index in [1.54, 1.807) is 0 Å². The fourth-order valence-corrected chi connectivity index (χ4v) is 3.78. The van der Waals surface area contributed by atoms with Gasteiger partial charge in [-0.25, -0.2) is 0 Å². The highest BCUT2D eigenvalue weighted by molar-refractivity contribution is 9.09. The Morgan fingerprint density at radius 3 is 2.33 bits per heavy atom. The molecule has 0 N–H and O–H groups in total. The second-order valence-electron chi connectivity index (χ2n) is 4.20. The first-order chi connectivity index (χ1) is 7.06. The Labute approximate surface area is 109 Å². The van der Waals surface area contributed by atoms with Gasteiger partial charge in [-0.05, 0) is 31.2 Å². The van der Waals surface area contributed by atoms with Gasteiger partial charge in [-0.15, -0.1) is 0 Å². The predicted molar refractivity (Wildman–Crippen MR) is 72.0 cm³/mol. The van der Waals surface area contributed by atoms with E-state index in [0.29, 0.717) is 5.41 Å². The lowest BCUT2D eigenvalue weighted by molar-refractivity contribution is 0.363. The summed E-state index contributed by atoms with van der Waals surface area (Å²) in [6.45, 7) is 4.28. The van der Waals surface area contributed by atoms with Crippen LogP contribution in [0.1, 0.15) is 24.7 Å². The van der Waals surface area contributed by atoms with Crippen LogP contribution in [-0.4, -0.2) is 20.4 Å². The second kappa shape index (κ2) is 5.48. The molecule has 86 valence electrons. The molecule has 0 fully saturated rings. The summed E-state index contributed by atoms with van der Waals surface area (Å²) in [6, 6.07) is 2.18. The summed E-state index contributed by atoms with van der Waals surface area (Å²) >= 11 is 7.25. The van der Waals surface area contributed by atoms with Gasteiger partial charge >= 0.3 is 0 Å². The van der Waals surface area contributed by atoms with Gasteiger partial charge in [0.2, 0.25) is 0 Å². The van der Waals surface area contributed by atoms with Crippen molar-refractivity contribution in [3.63, 3.8) is 0 Å². The van der Waals surface area contributed by atoms with Crippen LogP contribution >= 0.6 is 31.9 Å². The zero-order valence-electron chi connectivity index (χ0n) is 9.56. The van der Waals surface area contributed by atoms with Gasteiger partial charge in [0, 0.05) is 23.4 Å². The highest BCUT2D eigenvalue weighted by Crippen LogP contribution is 2.31. The molecule has 2 nitrogen and oxygen atoms in total. The Bertz CT molecular complexity index is 308. The first-order valence-corrected chi connectivity index (χ1v) is 7.42. The van der Waals surface area contributed by atoms with Crippen LogP contribution < -0.4 is 0 Å². The molecule has 0 amide bonds. The maximum atomic E-state index is 4.38. The average Bonchev–Trinajstić information content (AvgIpc) is 2.54. The van der Waals surface area contributed by atoms with Crippen LogP contribution in [0, 0.1) is 12.3 Å². The lowest BCUT2D eigenvalue weighted by Crippen LogP contribution is -2.27. The topological polar surface area (TPSA) is 17.8 Å². The quantitative estimate of drug-likeness (QED) is 0.752. The van der Waals surface area contributed by atoms with Gasteiger partial charge in [-0.3, -0.25) is 4.68 Å². The highest BCUT2D eigenvalue weighted by Gasteiger charge is 2.27. The monoisotopic (exact) mass is 336 g/mol. The molecule has 15 heavy (non-hydrogen) atoms. The summed E-state index contributed by atoms with van der Waals surface area (Å²) < 4.78 is 1.99. The summed E-state index contributed by atoms with van der Waals surface area (Å²) in [5.74, 6) is 0. The second-order valence-corrected chi connectivity index (χ2v) is 5.32. The van der Waals surface area contributed by atoms with Crippen LogP contribution in [0.25, 0.3) is 0 Å². The van der Waals surface area contributed by atoms with Crippen LogP contribution in [0.3, 0.4) is 0 Å². The minimum absolute atomic E-state index is 0.306. The molecule has 0 aliphatic rings. The Kier molecular flexibility index (Phi) is 4.84. The first kappa shape index (κ1) is 13.2. The largest absolute Gasteiger partial charge is 0.272 e. The van der Waals surface area contributed by atoms with Crippen molar-refractivity contribution in [2.24, 2.45) is 12.5 Å². The van der Waals surface area contributed by atoms with E-state index in [1.165, 1.54) is 5.69 Å². The van der Waals surface area contributed by atoms with Crippen molar-refractivity contribution in [3.8, 4) is 0 Å². The summed E-state index contributed by atoms with van der Waals surface area (Å²) in [4.78, 5) is 0. The summed E-state index contributed by atoms with van der Waals surface area (Å²) in [5.41, 5.74) is 2.72. The van der Waals surface area contributed by atoms with E-state index in [0.717, 1.165) is 29.2 Å². The molecule has 4 heteroatoms. The van der Waals surface area contributed by atoms with Crippen molar-refractivity contribution in [2.45, 2.75) is 26.7 Å². The van der Waals surface area contributed by atoms with Crippen molar-refractivity contribution in [2.75, 3.05) is 10.7 Å². The Morgan fingerprint density at radius 1 is 1.40 bits per heavy atom. The fourth-order valence-electron chi connectivity index (χ4n) is 1.66. The third-order valence-corrected chi connectivity index (χ3v) is 5.35. The third-order valence-electron chi connectivity index (χ3n) is 2.97. The number of halogens is 2. The van der Waals surface area contributed by atoms with E-state index < -0.39 is 0 Å². The van der Waals surface area contributed by atoms with Gasteiger partial charge in [-0.2, -0.15) is 5.10 Å². The lowest BCUT2D eigenvalue weighted by Gasteiger charge is -2.28. The molecule has 1 heterocycles. The minimum Gasteiger partial charge on any atom is -0.272 e. The smallest absolute Gasteiger partial charge is 0.0596 e. The van der Waals surface area contributed by atoms with E-state index in [-0.39, 0.29) is 0 Å². The van der Waals surface area contributed by atoms with E-state index in [9.17, 15) is 0 Å². The molecule has 0 aliphatic carbocycles. The summed E-state index contributed by atoms with van der Waals surface area (Å²) in [5, 5.41) is 6.42. The van der Waals surface area contributed by atoms with Crippen LogP contribution in [0.5, 0.6) is 0 Å². The van der Waals surface area contributed by atoms with Gasteiger partial charge in [-0.1, -0.05) is 38.8 Å². The van der Waals surface area contributed by atoms with E-state index in [2.05, 4.69) is 49.9 Å². The zero-order valence-corrected chi connectivity index (χ0v) is 12.7. The van der Waals surface area contributed by atoms with Gasteiger partial charge in [0.05, 0.1) is 5.69 Å². The van der Waals surface area contributed by atoms with Crippen molar-refractivity contribution in [1.82, 2.24) is 9.78 Å². The summed E-state index contributed by atoms with van der Waals surface area (Å²) in [6.07, 6.45) is 2.23. The first-order valence-electron chi connectivity index (χ1n) is 5.18. The molecule has 0 radical (unpaired) electrons. The summed E-state index contributed by atoms with van der Waals surface area (Å²) in [7, 11) is 2.02. The molecule has 0 aliphatic heterocycles. The van der Waals surface area contributed by atoms with Crippen molar-refractivity contribution < 1.29 is 0 Å². The molecular formula is C11H18Br2N2. The molecule has 1 rings (SSSR count). The number of hydrogen-bond acceptors (Lipinski definition) is 1. The minimum atomic E-state index is 0.306. The van der Waals surface area contributed by atoms with Crippen LogP contribution in [-0.2, 0) is 13.5 Å². The van der Waals surface area contributed by atoms with Crippen LogP contribution in [0.4, 0.5) is 0 Å². The van der Waals surface area contributed by atoms with Gasteiger partial charge in [0.15, 0.2) is 0 Å². The normalized spacial score (nSPS) is 12.1. The zero-order chi connectivity index (χ0) is 11.5. The molecule has 1 aromatic rings. The Hall–Kier alpha value is 0.170. The molecule has 0 saturated carbocycles. The molecular weight excluding hydrogens is 320 g/mol. The standard InChI is InChI=1S/C11H18Br2N2/c1-4-11(7-12,8-13)6-10-5-9(2)14-15(10)3/h5H,4,6-8H2,1-3H3. The third kappa shape index (κ3) is 3.06. The Balaban J connectivity index is 2.87. The molecule has 0 saturated heterocycles. The molecule has 0 spiro atoms. The fraction of sp³-hybridized carbons (Fsp3) is 0.727. The van der Waals surface area contributed by atoms with Crippen molar-refractivity contribution >= 4 is 31.9 Å². The van der Waals surface area contributed by atoms with Crippen molar-refractivity contribution in [3.05, 3.63) is 17.5 Å². The highest BCUT2D eigenvalue weighted by atomic mass is 79.9. The number of hydrogen-bond donors (Lipinski definition) is 0. The maximum Gasteiger partial charge on any atom is 0.0596 e. The van der Waals surface area contributed by atoms with E-state index >= 15 is 0 Å². The van der Waals surface area contributed by atoms with E-state index in [4.69, 9.17) is 0 Å². The number of rotatable bonds is 5. The number of aryl methyl sites for hydroxylation is 2. The Morgan fingerprint density at radius 2 is 2.00 bits per heavy atom. The molecule has 0 bridgehead atoms. The number of aromatic nitrogens is 2. The average molecular weight is 338 g/mol. The molecule has 1 aromatic heterocycles. The number of nitrogens with zero attached hydrogens (tertiary/aromatic N) is 2. The van der Waals surface area contributed by atoms with Gasteiger partial charge < -0.3 is 0 Å². The molecule has 0 aromatic carbocycles. The SMILES string of the molecule is CCC(CBr)(CBr)Cc1cc(C)nn1C. The van der Waals surface area contributed by atoms with Crippen molar-refractivity contribution in [1.29, 1.82) is 0 Å².